The molecule has 0 heterocycles. The van der Waals surface area contributed by atoms with Gasteiger partial charge in [-0.15, -0.1) is 0 Å². The van der Waals surface area contributed by atoms with Gasteiger partial charge in [0.2, 0.25) is 0 Å². The fourth-order valence-electron chi connectivity index (χ4n) is 2.22. The zero-order chi connectivity index (χ0) is 17.6. The highest BCUT2D eigenvalue weighted by atomic mass is 79.9. The van der Waals surface area contributed by atoms with Gasteiger partial charge in [0.1, 0.15) is 5.75 Å². The third-order valence-electron chi connectivity index (χ3n) is 3.16. The summed E-state index contributed by atoms with van der Waals surface area (Å²) in [5.41, 5.74) is -6.40. The lowest BCUT2D eigenvalue weighted by Gasteiger charge is -2.14. The van der Waals surface area contributed by atoms with Crippen molar-refractivity contribution in [1.29, 1.82) is 0 Å². The van der Waals surface area contributed by atoms with Gasteiger partial charge in [0.05, 0.1) is 5.33 Å². The summed E-state index contributed by atoms with van der Waals surface area (Å²) in [4.78, 5) is 11.7. The van der Waals surface area contributed by atoms with E-state index in [1.54, 1.807) is 0 Å². The summed E-state index contributed by atoms with van der Waals surface area (Å²) in [5, 5.41) is -0.175. The van der Waals surface area contributed by atoms with Crippen LogP contribution in [0.25, 0.3) is 0 Å². The van der Waals surface area contributed by atoms with Crippen LogP contribution >= 0.6 is 15.9 Å². The number of carbonyl (C=O) groups excluding carboxylic acids is 1. The Morgan fingerprint density at radius 1 is 1.22 bits per heavy atom. The van der Waals surface area contributed by atoms with E-state index in [1.807, 2.05) is 0 Å². The Kier molecular flexibility index (Phi) is 4.48. The molecular formula is C12H8BrF5O4S. The molecule has 1 aliphatic carbocycles. The Morgan fingerprint density at radius 3 is 2.30 bits per heavy atom. The molecule has 4 nitrogen and oxygen atoms in total. The van der Waals surface area contributed by atoms with Gasteiger partial charge in [0.25, 0.3) is 5.92 Å². The molecule has 0 bridgehead atoms. The molecule has 2 rings (SSSR count). The lowest BCUT2D eigenvalue weighted by molar-refractivity contribution is -0.0500. The van der Waals surface area contributed by atoms with Crippen LogP contribution in [-0.4, -0.2) is 31.0 Å². The molecule has 128 valence electrons. The Morgan fingerprint density at radius 2 is 1.78 bits per heavy atom. The van der Waals surface area contributed by atoms with Gasteiger partial charge in [-0.05, 0) is 17.7 Å². The number of rotatable bonds is 4. The monoisotopic (exact) mass is 422 g/mol. The lowest BCUT2D eigenvalue weighted by Crippen LogP contribution is -2.28. The van der Waals surface area contributed by atoms with Crippen molar-refractivity contribution in [2.75, 3.05) is 5.33 Å². The van der Waals surface area contributed by atoms with Crippen molar-refractivity contribution >= 4 is 31.8 Å². The maximum atomic E-state index is 13.6. The first-order chi connectivity index (χ1) is 10.4. The molecular weight excluding hydrogens is 415 g/mol. The van der Waals surface area contributed by atoms with Crippen molar-refractivity contribution in [2.24, 2.45) is 0 Å². The summed E-state index contributed by atoms with van der Waals surface area (Å²) in [6, 6.07) is 1.75. The molecule has 0 saturated heterocycles. The van der Waals surface area contributed by atoms with Crippen LogP contribution < -0.4 is 4.18 Å². The third-order valence-corrected chi connectivity index (χ3v) is 4.64. The fraction of sp³-hybridized carbons (Fsp3) is 0.417. The van der Waals surface area contributed by atoms with Gasteiger partial charge in [0.15, 0.2) is 5.78 Å². The normalized spacial score (nSPS) is 17.0. The summed E-state index contributed by atoms with van der Waals surface area (Å²) < 4.78 is 90.3. The van der Waals surface area contributed by atoms with Crippen molar-refractivity contribution in [2.45, 2.75) is 24.3 Å². The number of ketones is 1. The van der Waals surface area contributed by atoms with Gasteiger partial charge in [-0.1, -0.05) is 15.9 Å². The first kappa shape index (κ1) is 18.1. The zero-order valence-corrected chi connectivity index (χ0v) is 13.5. The van der Waals surface area contributed by atoms with E-state index in [1.165, 1.54) is 0 Å². The van der Waals surface area contributed by atoms with E-state index in [0.29, 0.717) is 0 Å². The van der Waals surface area contributed by atoms with E-state index in [9.17, 15) is 35.2 Å². The maximum Gasteiger partial charge on any atom is 0.534 e. The third kappa shape index (κ3) is 3.49. The lowest BCUT2D eigenvalue weighted by atomic mass is 10.00. The Bertz CT molecular complexity index is 757. The molecule has 0 fully saturated rings. The second-order valence-corrected chi connectivity index (χ2v) is 6.92. The molecule has 0 atom stereocenters. The highest BCUT2D eigenvalue weighted by Gasteiger charge is 2.50. The number of benzene rings is 1. The average Bonchev–Trinajstić information content (AvgIpc) is 2.72. The minimum absolute atomic E-state index is 0.106. The van der Waals surface area contributed by atoms with E-state index in [-0.39, 0.29) is 16.5 Å². The smallest absolute Gasteiger partial charge is 0.376 e. The van der Waals surface area contributed by atoms with E-state index >= 15 is 0 Å². The fourth-order valence-corrected chi connectivity index (χ4v) is 3.01. The van der Waals surface area contributed by atoms with E-state index in [2.05, 4.69) is 20.1 Å². The van der Waals surface area contributed by atoms with Crippen molar-refractivity contribution in [1.82, 2.24) is 0 Å². The quantitative estimate of drug-likeness (QED) is 0.245. The average molecular weight is 423 g/mol. The number of Topliss-reactive ketones (excluding diaryl/α,β-unsaturated/α-hetero) is 1. The van der Waals surface area contributed by atoms with Crippen molar-refractivity contribution in [3.63, 3.8) is 0 Å². The van der Waals surface area contributed by atoms with Crippen LogP contribution in [0.1, 0.15) is 21.5 Å². The van der Waals surface area contributed by atoms with Crippen molar-refractivity contribution in [3.05, 3.63) is 28.8 Å². The summed E-state index contributed by atoms with van der Waals surface area (Å²) in [6.45, 7) is 0. The first-order valence-corrected chi connectivity index (χ1v) is 8.53. The van der Waals surface area contributed by atoms with Crippen LogP contribution in [-0.2, 0) is 23.0 Å². The molecule has 0 spiro atoms. The number of fused-ring (bicyclic) bond motifs is 1. The van der Waals surface area contributed by atoms with Gasteiger partial charge in [0, 0.05) is 24.0 Å². The van der Waals surface area contributed by atoms with Crippen LogP contribution in [0.3, 0.4) is 0 Å². The van der Waals surface area contributed by atoms with Gasteiger partial charge in [-0.3, -0.25) is 4.79 Å². The van der Waals surface area contributed by atoms with Crippen LogP contribution in [0.4, 0.5) is 22.0 Å². The molecule has 11 heteroatoms. The minimum atomic E-state index is -5.99. The summed E-state index contributed by atoms with van der Waals surface area (Å²) in [6.07, 6.45) is -1.88. The summed E-state index contributed by atoms with van der Waals surface area (Å²) in [7, 11) is -5.99. The molecule has 23 heavy (non-hydrogen) atoms. The largest absolute Gasteiger partial charge is 0.534 e. The molecule has 1 aromatic carbocycles. The molecule has 0 aromatic heterocycles. The minimum Gasteiger partial charge on any atom is -0.376 e. The van der Waals surface area contributed by atoms with Crippen LogP contribution in [0.2, 0.25) is 0 Å². The summed E-state index contributed by atoms with van der Waals surface area (Å²) >= 11 is 2.87. The van der Waals surface area contributed by atoms with E-state index in [0.717, 1.165) is 12.1 Å². The second kappa shape index (κ2) is 5.69. The molecule has 0 radical (unpaired) electrons. The topological polar surface area (TPSA) is 60.4 Å². The van der Waals surface area contributed by atoms with Crippen LogP contribution in [0.15, 0.2) is 12.1 Å². The van der Waals surface area contributed by atoms with E-state index < -0.39 is 51.5 Å². The zero-order valence-electron chi connectivity index (χ0n) is 11.1. The Labute approximate surface area is 135 Å². The summed E-state index contributed by atoms with van der Waals surface area (Å²) in [5.74, 6) is -4.70. The first-order valence-electron chi connectivity index (χ1n) is 6.00. The maximum absolute atomic E-state index is 13.6. The van der Waals surface area contributed by atoms with Crippen molar-refractivity contribution < 1.29 is 39.3 Å². The molecule has 0 saturated carbocycles. The highest BCUT2D eigenvalue weighted by Crippen LogP contribution is 2.42. The number of carbonyl (C=O) groups is 1. The van der Waals surface area contributed by atoms with Crippen LogP contribution in [0, 0.1) is 0 Å². The van der Waals surface area contributed by atoms with Crippen molar-refractivity contribution in [3.8, 4) is 5.75 Å². The van der Waals surface area contributed by atoms with Gasteiger partial charge in [-0.2, -0.15) is 21.6 Å². The van der Waals surface area contributed by atoms with Gasteiger partial charge < -0.3 is 4.18 Å². The molecule has 1 aromatic rings. The number of alkyl halides is 6. The molecule has 0 unspecified atom stereocenters. The molecule has 0 amide bonds. The van der Waals surface area contributed by atoms with E-state index in [4.69, 9.17) is 0 Å². The number of hydrogen-bond donors (Lipinski definition) is 0. The number of hydrogen-bond acceptors (Lipinski definition) is 4. The Balaban J connectivity index is 2.54. The van der Waals surface area contributed by atoms with Crippen LogP contribution in [0.5, 0.6) is 5.75 Å². The van der Waals surface area contributed by atoms with Gasteiger partial charge in [-0.25, -0.2) is 8.78 Å². The SMILES string of the molecule is O=C(CBr)c1ccc(OS(=O)(=O)C(F)(F)F)c2c1CC(F)(F)C2. The number of halogens is 6. The highest BCUT2D eigenvalue weighted by molar-refractivity contribution is 9.09. The molecule has 0 N–H and O–H groups in total. The Hall–Kier alpha value is -1.23. The predicted octanol–water partition coefficient (Wildman–Crippen LogP) is 3.23. The molecule has 1 aliphatic rings. The van der Waals surface area contributed by atoms with Gasteiger partial charge >= 0.3 is 15.6 Å². The predicted molar refractivity (Wildman–Crippen MR) is 72.5 cm³/mol. The standard InChI is InChI=1S/C12H8BrF5O4S/c13-5-9(19)6-1-2-10(22-23(20,21)12(16,17)18)8-4-11(14,15)3-7(6)8/h1-2H,3-5H2. The molecule has 0 aliphatic heterocycles. The second-order valence-electron chi connectivity index (χ2n) is 4.82.